The van der Waals surface area contributed by atoms with E-state index in [2.05, 4.69) is 27.7 Å². The fourth-order valence-corrected chi connectivity index (χ4v) is 9.90. The molecule has 1 nitrogen and oxygen atoms in total. The van der Waals surface area contributed by atoms with Gasteiger partial charge in [-0.3, -0.25) is 0 Å². The second-order valence-electron chi connectivity index (χ2n) is 5.74. The predicted molar refractivity (Wildman–Crippen MR) is 67.9 cm³/mol. The maximum atomic E-state index is 9.90. The molecular weight excluding hydrogens is 203 g/mol. The molecule has 1 heterocycles. The standard InChI is InChI=1S/C13H25OP/c1-5-11(3)13(10-14)9-7-8-12(13,4)15(11)6-2/h14H,5-10H2,1-4H3. The molecule has 2 heteroatoms. The highest BCUT2D eigenvalue weighted by Gasteiger charge is 2.74. The van der Waals surface area contributed by atoms with Crippen LogP contribution in [0, 0.1) is 5.41 Å². The summed E-state index contributed by atoms with van der Waals surface area (Å²) in [5, 5.41) is 10.9. The van der Waals surface area contributed by atoms with Crippen molar-refractivity contribution in [3.05, 3.63) is 0 Å². The monoisotopic (exact) mass is 228 g/mol. The van der Waals surface area contributed by atoms with Crippen LogP contribution in [0.5, 0.6) is 0 Å². The Morgan fingerprint density at radius 1 is 1.20 bits per heavy atom. The van der Waals surface area contributed by atoms with Crippen molar-refractivity contribution >= 4 is 7.92 Å². The average Bonchev–Trinajstić information content (AvgIpc) is 2.53. The molecule has 88 valence electrons. The van der Waals surface area contributed by atoms with Crippen molar-refractivity contribution < 1.29 is 5.11 Å². The molecule has 2 fully saturated rings. The first-order chi connectivity index (χ1) is 7.02. The molecule has 4 atom stereocenters. The van der Waals surface area contributed by atoms with Gasteiger partial charge in [-0.15, -0.1) is 0 Å². The third-order valence-electron chi connectivity index (χ3n) is 5.80. The summed E-state index contributed by atoms with van der Waals surface area (Å²) < 4.78 is 0. The van der Waals surface area contributed by atoms with E-state index in [1.54, 1.807) is 0 Å². The molecule has 1 aliphatic carbocycles. The summed E-state index contributed by atoms with van der Waals surface area (Å²) in [4.78, 5) is 0. The van der Waals surface area contributed by atoms with Crippen LogP contribution in [0.4, 0.5) is 0 Å². The molecule has 0 spiro atoms. The Bertz CT molecular complexity index is 267. The molecule has 0 bridgehead atoms. The summed E-state index contributed by atoms with van der Waals surface area (Å²) >= 11 is 0. The molecule has 1 N–H and O–H groups in total. The molecule has 0 amide bonds. The second kappa shape index (κ2) is 3.44. The van der Waals surface area contributed by atoms with Crippen LogP contribution in [0.15, 0.2) is 0 Å². The summed E-state index contributed by atoms with van der Waals surface area (Å²) in [7, 11) is 0.122. The van der Waals surface area contributed by atoms with Crippen molar-refractivity contribution in [2.24, 2.45) is 5.41 Å². The average molecular weight is 228 g/mol. The van der Waals surface area contributed by atoms with E-state index >= 15 is 0 Å². The van der Waals surface area contributed by atoms with Gasteiger partial charge in [-0.2, -0.15) is 0 Å². The van der Waals surface area contributed by atoms with Crippen molar-refractivity contribution in [1.82, 2.24) is 0 Å². The summed E-state index contributed by atoms with van der Waals surface area (Å²) in [6.07, 6.45) is 6.57. The highest BCUT2D eigenvalue weighted by atomic mass is 31.1. The second-order valence-corrected chi connectivity index (χ2v) is 9.20. The summed E-state index contributed by atoms with van der Waals surface area (Å²) in [5.74, 6) is 0. The third-order valence-corrected chi connectivity index (χ3v) is 10.2. The number of aliphatic hydroxyl groups is 1. The predicted octanol–water partition coefficient (Wildman–Crippen LogP) is 3.59. The smallest absolute Gasteiger partial charge is 0.0504 e. The SMILES string of the molecule is CCP1C(C)(CC)C2(CO)CCCC12C. The van der Waals surface area contributed by atoms with Gasteiger partial charge in [0.05, 0.1) is 6.61 Å². The van der Waals surface area contributed by atoms with Crippen LogP contribution in [-0.2, 0) is 0 Å². The molecule has 1 saturated carbocycles. The number of rotatable bonds is 3. The highest BCUT2D eigenvalue weighted by Crippen LogP contribution is 2.87. The zero-order chi connectivity index (χ0) is 11.3. The Balaban J connectivity index is 2.41. The van der Waals surface area contributed by atoms with Crippen LogP contribution in [-0.4, -0.2) is 28.2 Å². The first-order valence-corrected chi connectivity index (χ1v) is 7.93. The molecule has 2 rings (SSSR count). The van der Waals surface area contributed by atoms with Gasteiger partial charge in [0, 0.05) is 5.41 Å². The van der Waals surface area contributed by atoms with E-state index < -0.39 is 0 Å². The Morgan fingerprint density at radius 2 is 1.87 bits per heavy atom. The van der Waals surface area contributed by atoms with Crippen molar-refractivity contribution in [2.75, 3.05) is 12.8 Å². The fourth-order valence-electron chi connectivity index (χ4n) is 4.88. The van der Waals surface area contributed by atoms with Gasteiger partial charge in [-0.25, -0.2) is 0 Å². The van der Waals surface area contributed by atoms with E-state index in [1.807, 2.05) is 0 Å². The van der Waals surface area contributed by atoms with Crippen molar-refractivity contribution in [1.29, 1.82) is 0 Å². The van der Waals surface area contributed by atoms with E-state index in [0.29, 0.717) is 16.9 Å². The van der Waals surface area contributed by atoms with E-state index in [1.165, 1.54) is 31.8 Å². The quantitative estimate of drug-likeness (QED) is 0.732. The van der Waals surface area contributed by atoms with Gasteiger partial charge < -0.3 is 5.11 Å². The van der Waals surface area contributed by atoms with Gasteiger partial charge in [0.15, 0.2) is 0 Å². The summed E-state index contributed by atoms with van der Waals surface area (Å²) in [6.45, 7) is 10.0. The molecule has 0 aromatic rings. The minimum absolute atomic E-state index is 0.122. The number of fused-ring (bicyclic) bond motifs is 1. The lowest BCUT2D eigenvalue weighted by Crippen LogP contribution is -2.68. The van der Waals surface area contributed by atoms with Gasteiger partial charge in [-0.1, -0.05) is 42.0 Å². The Hall–Kier alpha value is 0.390. The van der Waals surface area contributed by atoms with E-state index in [9.17, 15) is 5.11 Å². The van der Waals surface area contributed by atoms with Crippen molar-refractivity contribution in [3.63, 3.8) is 0 Å². The molecule has 1 saturated heterocycles. The van der Waals surface area contributed by atoms with Gasteiger partial charge >= 0.3 is 0 Å². The van der Waals surface area contributed by atoms with Crippen LogP contribution in [0.3, 0.4) is 0 Å². The van der Waals surface area contributed by atoms with Crippen LogP contribution < -0.4 is 0 Å². The minimum atomic E-state index is 0.122. The normalized spacial score (nSPS) is 53.8. The molecule has 15 heavy (non-hydrogen) atoms. The van der Waals surface area contributed by atoms with E-state index in [4.69, 9.17) is 0 Å². The van der Waals surface area contributed by atoms with Crippen LogP contribution >= 0.6 is 7.92 Å². The topological polar surface area (TPSA) is 20.2 Å². The van der Waals surface area contributed by atoms with Gasteiger partial charge in [-0.05, 0) is 35.7 Å². The van der Waals surface area contributed by atoms with E-state index in [-0.39, 0.29) is 13.3 Å². The maximum Gasteiger partial charge on any atom is 0.0504 e. The van der Waals surface area contributed by atoms with E-state index in [0.717, 1.165) is 0 Å². The Morgan fingerprint density at radius 3 is 2.33 bits per heavy atom. The Labute approximate surface area is 95.4 Å². The van der Waals surface area contributed by atoms with Crippen molar-refractivity contribution in [2.45, 2.75) is 63.7 Å². The highest BCUT2D eigenvalue weighted by molar-refractivity contribution is 7.63. The minimum Gasteiger partial charge on any atom is -0.396 e. The first kappa shape index (κ1) is 11.9. The lowest BCUT2D eigenvalue weighted by atomic mass is 9.66. The first-order valence-electron chi connectivity index (χ1n) is 6.41. The number of aliphatic hydroxyl groups excluding tert-OH is 1. The lowest BCUT2D eigenvalue weighted by molar-refractivity contribution is 0.0326. The molecule has 0 aromatic heterocycles. The zero-order valence-corrected chi connectivity index (χ0v) is 11.5. The summed E-state index contributed by atoms with van der Waals surface area (Å²) in [6, 6.07) is 0. The van der Waals surface area contributed by atoms with Crippen LogP contribution in [0.25, 0.3) is 0 Å². The lowest BCUT2D eigenvalue weighted by Gasteiger charge is -2.72. The van der Waals surface area contributed by atoms with Crippen LogP contribution in [0.2, 0.25) is 0 Å². The molecule has 0 aromatic carbocycles. The van der Waals surface area contributed by atoms with Crippen LogP contribution in [0.1, 0.15) is 53.4 Å². The number of hydrogen-bond acceptors (Lipinski definition) is 1. The zero-order valence-electron chi connectivity index (χ0n) is 10.6. The molecule has 1 aliphatic heterocycles. The Kier molecular flexibility index (Phi) is 2.72. The van der Waals surface area contributed by atoms with Crippen molar-refractivity contribution in [3.8, 4) is 0 Å². The largest absolute Gasteiger partial charge is 0.396 e. The summed E-state index contributed by atoms with van der Waals surface area (Å²) in [5.41, 5.74) is 0.274. The molecular formula is C13H25OP. The maximum absolute atomic E-state index is 9.90. The van der Waals surface area contributed by atoms with Gasteiger partial charge in [0.2, 0.25) is 0 Å². The van der Waals surface area contributed by atoms with Gasteiger partial charge in [0.25, 0.3) is 0 Å². The molecule has 0 radical (unpaired) electrons. The molecule has 4 unspecified atom stereocenters. The molecule has 2 aliphatic rings. The fraction of sp³-hybridized carbons (Fsp3) is 1.00. The third kappa shape index (κ3) is 1.03. The number of hydrogen-bond donors (Lipinski definition) is 1. The van der Waals surface area contributed by atoms with Gasteiger partial charge in [0.1, 0.15) is 0 Å².